The average molecular weight is 765 g/mol. The molecule has 2 saturated heterocycles. The summed E-state index contributed by atoms with van der Waals surface area (Å²) in [7, 11) is 0. The molecule has 0 radical (unpaired) electrons. The Morgan fingerprint density at radius 3 is 2.05 bits per heavy atom. The molecule has 16 nitrogen and oxygen atoms in total. The number of nitrogens with one attached hydrogen (secondary N) is 2. The molecular weight excluding hydrogens is 722 g/mol. The molecule has 3 amide bonds. The number of nitrogens with zero attached hydrogens (tertiary/aromatic N) is 6. The highest BCUT2D eigenvalue weighted by Gasteiger charge is 2.47. The maximum Gasteiger partial charge on any atom is 0.317 e. The van der Waals surface area contributed by atoms with Crippen LogP contribution in [-0.4, -0.2) is 162 Å². The Kier molecular flexibility index (Phi) is 13.6. The number of aromatic nitrogens is 1. The number of amides is 3. The zero-order valence-corrected chi connectivity index (χ0v) is 30.0. The molecule has 1 aromatic heterocycles. The van der Waals surface area contributed by atoms with E-state index in [1.54, 1.807) is 40.1 Å². The highest BCUT2D eigenvalue weighted by molar-refractivity contribution is 6.07. The van der Waals surface area contributed by atoms with Crippen LogP contribution in [0.2, 0.25) is 0 Å². The highest BCUT2D eigenvalue weighted by Crippen LogP contribution is 2.32. The van der Waals surface area contributed by atoms with Crippen molar-refractivity contribution in [3.05, 3.63) is 60.3 Å². The third-order valence-corrected chi connectivity index (χ3v) is 9.29. The lowest BCUT2D eigenvalue weighted by atomic mass is 10.0. The standard InChI is InChI=1S/C37H42F2N8O8/c38-37(39)18-27(19-40)47(24-37)33(49)20-43-36(54)29-7-8-41-31-6-3-26(17-30(29)31)25-1-4-28(5-2-25)55-16-9-42-32(48)21-44-10-12-45(22-34(50)51)14-15-46(13-11-44)23-35(52)53/h1-8,17,27H,9-16,18,20-24H2,(H,42,48)(H,43,54)(H,50,51)(H,52,53)/t27-/m0/s1. The second-order valence-electron chi connectivity index (χ2n) is 13.3. The van der Waals surface area contributed by atoms with Crippen LogP contribution >= 0.6 is 0 Å². The molecule has 0 spiro atoms. The van der Waals surface area contributed by atoms with Gasteiger partial charge in [0, 0.05) is 57.3 Å². The molecule has 1 atom stereocenters. The number of pyridine rings is 1. The number of fused-ring (bicyclic) bond motifs is 1. The number of carboxylic acids is 2. The third kappa shape index (κ3) is 11.6. The van der Waals surface area contributed by atoms with Gasteiger partial charge in [0.2, 0.25) is 11.8 Å². The van der Waals surface area contributed by atoms with Gasteiger partial charge in [-0.25, -0.2) is 8.78 Å². The summed E-state index contributed by atoms with van der Waals surface area (Å²) in [6.07, 6.45) is 0.706. The van der Waals surface area contributed by atoms with Crippen LogP contribution in [0, 0.1) is 11.3 Å². The van der Waals surface area contributed by atoms with Crippen molar-refractivity contribution in [1.82, 2.24) is 35.2 Å². The molecule has 0 bridgehead atoms. The summed E-state index contributed by atoms with van der Waals surface area (Å²) < 4.78 is 33.4. The Bertz CT molecular complexity index is 1900. The minimum absolute atomic E-state index is 0.0577. The Morgan fingerprint density at radius 2 is 1.45 bits per heavy atom. The molecule has 0 unspecified atom stereocenters. The van der Waals surface area contributed by atoms with Gasteiger partial charge in [-0.1, -0.05) is 18.2 Å². The number of hydrogen-bond acceptors (Lipinski definition) is 11. The first kappa shape index (κ1) is 40.4. The molecule has 18 heteroatoms. The van der Waals surface area contributed by atoms with Crippen molar-refractivity contribution in [1.29, 1.82) is 5.26 Å². The van der Waals surface area contributed by atoms with Crippen LogP contribution in [0.5, 0.6) is 5.75 Å². The van der Waals surface area contributed by atoms with Crippen LogP contribution in [0.15, 0.2) is 54.7 Å². The fourth-order valence-corrected chi connectivity index (χ4v) is 6.47. The number of carbonyl (C=O) groups excluding carboxylic acids is 3. The molecule has 5 rings (SSSR count). The maximum atomic E-state index is 13.8. The lowest BCUT2D eigenvalue weighted by molar-refractivity contribution is -0.140. The van der Waals surface area contributed by atoms with E-state index in [1.165, 1.54) is 12.3 Å². The van der Waals surface area contributed by atoms with E-state index in [1.807, 2.05) is 23.1 Å². The van der Waals surface area contributed by atoms with E-state index in [-0.39, 0.29) is 44.3 Å². The van der Waals surface area contributed by atoms with Gasteiger partial charge < -0.3 is 30.5 Å². The minimum Gasteiger partial charge on any atom is -0.492 e. The summed E-state index contributed by atoms with van der Waals surface area (Å²) in [5, 5.41) is 33.5. The van der Waals surface area contributed by atoms with Crippen LogP contribution in [0.3, 0.4) is 0 Å². The summed E-state index contributed by atoms with van der Waals surface area (Å²) in [5.41, 5.74) is 2.32. The molecule has 3 aromatic rings. The Morgan fingerprint density at radius 1 is 0.855 bits per heavy atom. The first-order valence-corrected chi connectivity index (χ1v) is 17.6. The highest BCUT2D eigenvalue weighted by atomic mass is 19.3. The van der Waals surface area contributed by atoms with Gasteiger partial charge in [-0.05, 0) is 41.5 Å². The summed E-state index contributed by atoms with van der Waals surface area (Å²) in [6.45, 7) is 1.24. The van der Waals surface area contributed by atoms with Gasteiger partial charge in [-0.15, -0.1) is 0 Å². The molecule has 2 aliphatic heterocycles. The molecule has 292 valence electrons. The van der Waals surface area contributed by atoms with E-state index in [0.717, 1.165) is 16.0 Å². The number of rotatable bonds is 14. The number of ether oxygens (including phenoxy) is 1. The monoisotopic (exact) mass is 764 g/mol. The van der Waals surface area contributed by atoms with Crippen molar-refractivity contribution in [3.63, 3.8) is 0 Å². The second-order valence-corrected chi connectivity index (χ2v) is 13.3. The van der Waals surface area contributed by atoms with E-state index < -0.39 is 55.2 Å². The van der Waals surface area contributed by atoms with E-state index in [4.69, 9.17) is 4.74 Å². The van der Waals surface area contributed by atoms with Crippen LogP contribution < -0.4 is 15.4 Å². The van der Waals surface area contributed by atoms with Gasteiger partial charge in [0.05, 0.1) is 56.4 Å². The van der Waals surface area contributed by atoms with Crippen molar-refractivity contribution in [3.8, 4) is 22.9 Å². The van der Waals surface area contributed by atoms with Crippen LogP contribution in [0.4, 0.5) is 8.78 Å². The summed E-state index contributed by atoms with van der Waals surface area (Å²) in [5.74, 6) is -6.20. The Labute approximate surface area is 315 Å². The number of nitriles is 1. The molecule has 0 aliphatic carbocycles. The van der Waals surface area contributed by atoms with Crippen molar-refractivity contribution < 1.29 is 47.7 Å². The molecule has 55 heavy (non-hydrogen) atoms. The van der Waals surface area contributed by atoms with Crippen molar-refractivity contribution in [2.24, 2.45) is 0 Å². The molecular formula is C37H42F2N8O8. The van der Waals surface area contributed by atoms with E-state index in [0.29, 0.717) is 55.9 Å². The molecule has 2 fully saturated rings. The SMILES string of the molecule is N#C[C@@H]1CC(F)(F)CN1C(=O)CNC(=O)c1ccnc2ccc(-c3ccc(OCCNC(=O)CN4CCN(CC(=O)O)CCN(CC(=O)O)CC4)cc3)cc12. The Hall–Kier alpha value is -5.77. The predicted molar refractivity (Wildman–Crippen MR) is 193 cm³/mol. The zero-order chi connectivity index (χ0) is 39.5. The lowest BCUT2D eigenvalue weighted by Gasteiger charge is -2.24. The maximum absolute atomic E-state index is 13.8. The molecule has 4 N–H and O–H groups in total. The summed E-state index contributed by atoms with van der Waals surface area (Å²) in [6, 6.07) is 14.5. The van der Waals surface area contributed by atoms with Crippen LogP contribution in [0.25, 0.3) is 22.0 Å². The number of carbonyl (C=O) groups is 5. The quantitative estimate of drug-likeness (QED) is 0.169. The molecule has 3 heterocycles. The van der Waals surface area contributed by atoms with E-state index >= 15 is 0 Å². The van der Waals surface area contributed by atoms with E-state index in [9.17, 15) is 48.2 Å². The number of benzene rings is 2. The van der Waals surface area contributed by atoms with Crippen molar-refractivity contribution in [2.75, 3.05) is 85.1 Å². The van der Waals surface area contributed by atoms with E-state index in [2.05, 4.69) is 15.6 Å². The lowest BCUT2D eigenvalue weighted by Crippen LogP contribution is -2.44. The largest absolute Gasteiger partial charge is 0.492 e. The van der Waals surface area contributed by atoms with Gasteiger partial charge in [0.1, 0.15) is 18.4 Å². The van der Waals surface area contributed by atoms with Crippen molar-refractivity contribution in [2.45, 2.75) is 18.4 Å². The number of alkyl halides is 2. The number of hydrogen-bond donors (Lipinski definition) is 4. The van der Waals surface area contributed by atoms with Crippen molar-refractivity contribution >= 4 is 40.6 Å². The van der Waals surface area contributed by atoms with Crippen LogP contribution in [0.1, 0.15) is 16.8 Å². The second kappa shape index (κ2) is 18.5. The average Bonchev–Trinajstić information content (AvgIpc) is 3.51. The number of aliphatic carboxylic acids is 2. The number of likely N-dealkylation sites (tertiary alicyclic amines) is 1. The topological polar surface area (TPSA) is 209 Å². The van der Waals surface area contributed by atoms with Gasteiger partial charge in [-0.2, -0.15) is 5.26 Å². The number of halogens is 2. The zero-order valence-electron chi connectivity index (χ0n) is 30.0. The minimum atomic E-state index is -3.16. The van der Waals surface area contributed by atoms with Crippen LogP contribution in [-0.2, 0) is 19.2 Å². The summed E-state index contributed by atoms with van der Waals surface area (Å²) >= 11 is 0. The fourth-order valence-electron chi connectivity index (χ4n) is 6.47. The predicted octanol–water partition coefficient (Wildman–Crippen LogP) is 0.975. The smallest absolute Gasteiger partial charge is 0.317 e. The molecule has 2 aromatic carbocycles. The first-order valence-electron chi connectivity index (χ1n) is 17.6. The van der Waals surface area contributed by atoms with Gasteiger partial charge in [0.15, 0.2) is 0 Å². The fraction of sp³-hybridized carbons (Fsp3) is 0.432. The van der Waals surface area contributed by atoms with Gasteiger partial charge >= 0.3 is 11.9 Å². The normalized spacial score (nSPS) is 18.1. The van der Waals surface area contributed by atoms with Gasteiger partial charge in [-0.3, -0.25) is 43.7 Å². The summed E-state index contributed by atoms with van der Waals surface area (Å²) in [4.78, 5) is 71.5. The third-order valence-electron chi connectivity index (χ3n) is 9.29. The first-order chi connectivity index (χ1) is 26.3. The Balaban J connectivity index is 1.11. The molecule has 0 saturated carbocycles. The molecule has 2 aliphatic rings. The number of carboxylic acid groups (broad SMARTS) is 2. The van der Waals surface area contributed by atoms with Gasteiger partial charge in [0.25, 0.3) is 11.8 Å².